The summed E-state index contributed by atoms with van der Waals surface area (Å²) < 4.78 is 10.2. The minimum atomic E-state index is -0.417. The van der Waals surface area contributed by atoms with Crippen molar-refractivity contribution in [3.05, 3.63) is 34.4 Å². The first-order valence-electron chi connectivity index (χ1n) is 8.57. The summed E-state index contributed by atoms with van der Waals surface area (Å²) in [5.74, 6) is 0.550. The van der Waals surface area contributed by atoms with Crippen molar-refractivity contribution >= 4 is 11.7 Å². The number of hydrogen-bond donors (Lipinski definition) is 0. The van der Waals surface area contributed by atoms with E-state index in [1.54, 1.807) is 12.1 Å². The average Bonchev–Trinajstić information content (AvgIpc) is 2.59. The molecule has 0 aliphatic rings. The number of carbonyl (C=O) groups is 1. The van der Waals surface area contributed by atoms with Crippen LogP contribution in [0.4, 0.5) is 5.69 Å². The lowest BCUT2D eigenvalue weighted by Crippen LogP contribution is -1.99. The van der Waals surface area contributed by atoms with E-state index >= 15 is 0 Å². The third-order valence-electron chi connectivity index (χ3n) is 3.82. The fourth-order valence-corrected chi connectivity index (χ4v) is 2.39. The van der Waals surface area contributed by atoms with E-state index in [9.17, 15) is 14.9 Å². The first-order chi connectivity index (χ1) is 11.6. The van der Waals surface area contributed by atoms with Crippen molar-refractivity contribution in [3.8, 4) is 5.75 Å². The van der Waals surface area contributed by atoms with Crippen LogP contribution in [0.1, 0.15) is 57.8 Å². The Kier molecular flexibility index (Phi) is 10.2. The van der Waals surface area contributed by atoms with Gasteiger partial charge in [-0.05, 0) is 25.0 Å². The first kappa shape index (κ1) is 19.9. The summed E-state index contributed by atoms with van der Waals surface area (Å²) in [6.07, 6.45) is 9.37. The van der Waals surface area contributed by atoms with Crippen molar-refractivity contribution < 1.29 is 19.2 Å². The monoisotopic (exact) mass is 337 g/mol. The van der Waals surface area contributed by atoms with Crippen molar-refractivity contribution in [2.24, 2.45) is 0 Å². The van der Waals surface area contributed by atoms with E-state index in [0.29, 0.717) is 18.8 Å². The molecule has 0 saturated carbocycles. The van der Waals surface area contributed by atoms with Gasteiger partial charge in [0.05, 0.1) is 18.6 Å². The van der Waals surface area contributed by atoms with Crippen LogP contribution in [-0.2, 0) is 9.53 Å². The van der Waals surface area contributed by atoms with Gasteiger partial charge >= 0.3 is 5.97 Å². The molecule has 0 bridgehead atoms. The molecule has 0 radical (unpaired) electrons. The van der Waals surface area contributed by atoms with Crippen LogP contribution in [0.3, 0.4) is 0 Å². The van der Waals surface area contributed by atoms with Crippen molar-refractivity contribution in [2.75, 3.05) is 13.7 Å². The number of benzene rings is 1. The number of methoxy groups -OCH3 is 1. The molecule has 134 valence electrons. The van der Waals surface area contributed by atoms with Crippen LogP contribution in [0.2, 0.25) is 0 Å². The number of ether oxygens (including phenoxy) is 2. The molecular formula is C18H27NO5. The molecule has 0 spiro atoms. The van der Waals surface area contributed by atoms with Crippen molar-refractivity contribution in [1.82, 2.24) is 0 Å². The Morgan fingerprint density at radius 1 is 0.958 bits per heavy atom. The zero-order valence-electron chi connectivity index (χ0n) is 14.4. The van der Waals surface area contributed by atoms with E-state index in [2.05, 4.69) is 4.74 Å². The number of non-ortho nitro benzene ring substituents is 1. The smallest absolute Gasteiger partial charge is 0.305 e. The summed E-state index contributed by atoms with van der Waals surface area (Å²) in [5, 5.41) is 10.5. The van der Waals surface area contributed by atoms with Gasteiger partial charge in [-0.1, -0.05) is 38.5 Å². The SMILES string of the molecule is COC(=O)CCCCCCCCCCOc1ccc([N+](=O)[O-])cc1. The highest BCUT2D eigenvalue weighted by atomic mass is 16.6. The van der Waals surface area contributed by atoms with Gasteiger partial charge in [0.2, 0.25) is 0 Å². The highest BCUT2D eigenvalue weighted by Gasteiger charge is 2.04. The molecule has 0 heterocycles. The summed E-state index contributed by atoms with van der Waals surface area (Å²) in [4.78, 5) is 21.1. The fraction of sp³-hybridized carbons (Fsp3) is 0.611. The van der Waals surface area contributed by atoms with Gasteiger partial charge in [-0.25, -0.2) is 0 Å². The van der Waals surface area contributed by atoms with Crippen molar-refractivity contribution in [3.63, 3.8) is 0 Å². The van der Waals surface area contributed by atoms with Crippen LogP contribution in [0.25, 0.3) is 0 Å². The van der Waals surface area contributed by atoms with Crippen LogP contribution in [0, 0.1) is 10.1 Å². The van der Waals surface area contributed by atoms with Crippen molar-refractivity contribution in [1.29, 1.82) is 0 Å². The predicted octanol–water partition coefficient (Wildman–Crippen LogP) is 4.66. The molecule has 0 N–H and O–H groups in total. The molecule has 1 rings (SSSR count). The third-order valence-corrected chi connectivity index (χ3v) is 3.82. The standard InChI is InChI=1S/C18H27NO5/c1-23-18(20)10-8-6-4-2-3-5-7-9-15-24-17-13-11-16(12-14-17)19(21)22/h11-14H,2-10,15H2,1H3. The van der Waals surface area contributed by atoms with Gasteiger partial charge in [0.1, 0.15) is 5.75 Å². The topological polar surface area (TPSA) is 78.7 Å². The average molecular weight is 337 g/mol. The number of esters is 1. The zero-order chi connectivity index (χ0) is 17.6. The lowest BCUT2D eigenvalue weighted by atomic mass is 10.1. The van der Waals surface area contributed by atoms with E-state index in [0.717, 1.165) is 32.1 Å². The molecule has 24 heavy (non-hydrogen) atoms. The van der Waals surface area contributed by atoms with Gasteiger partial charge in [-0.3, -0.25) is 14.9 Å². The van der Waals surface area contributed by atoms with E-state index in [1.807, 2.05) is 0 Å². The number of carbonyl (C=O) groups excluding carboxylic acids is 1. The summed E-state index contributed by atoms with van der Waals surface area (Å²) in [6.45, 7) is 0.636. The molecule has 0 fully saturated rings. The summed E-state index contributed by atoms with van der Waals surface area (Å²) >= 11 is 0. The van der Waals surface area contributed by atoms with Gasteiger partial charge in [-0.15, -0.1) is 0 Å². The number of nitro groups is 1. The van der Waals surface area contributed by atoms with E-state index < -0.39 is 4.92 Å². The molecule has 1 aromatic rings. The maximum Gasteiger partial charge on any atom is 0.305 e. The minimum absolute atomic E-state index is 0.0777. The van der Waals surface area contributed by atoms with Gasteiger partial charge in [0.25, 0.3) is 5.69 Å². The first-order valence-corrected chi connectivity index (χ1v) is 8.57. The number of nitrogens with zero attached hydrogens (tertiary/aromatic N) is 1. The van der Waals surface area contributed by atoms with Gasteiger partial charge in [0.15, 0.2) is 0 Å². The third kappa shape index (κ3) is 9.12. The Morgan fingerprint density at radius 2 is 1.50 bits per heavy atom. The molecule has 1 aromatic carbocycles. The van der Waals surface area contributed by atoms with E-state index in [4.69, 9.17) is 4.74 Å². The van der Waals surface area contributed by atoms with Gasteiger partial charge in [0, 0.05) is 18.6 Å². The van der Waals surface area contributed by atoms with E-state index in [1.165, 1.54) is 38.5 Å². The fourth-order valence-electron chi connectivity index (χ4n) is 2.39. The van der Waals surface area contributed by atoms with Crippen LogP contribution in [-0.4, -0.2) is 24.6 Å². The van der Waals surface area contributed by atoms with Crippen LogP contribution < -0.4 is 4.74 Å². The van der Waals surface area contributed by atoms with Crippen molar-refractivity contribution in [2.45, 2.75) is 57.8 Å². The molecular weight excluding hydrogens is 310 g/mol. The maximum absolute atomic E-state index is 10.9. The molecule has 0 saturated heterocycles. The van der Waals surface area contributed by atoms with Gasteiger partial charge < -0.3 is 9.47 Å². The number of nitro benzene ring substituents is 1. The molecule has 6 heteroatoms. The molecule has 0 aliphatic heterocycles. The van der Waals surface area contributed by atoms with Crippen LogP contribution in [0.5, 0.6) is 5.75 Å². The lowest BCUT2D eigenvalue weighted by molar-refractivity contribution is -0.384. The summed E-state index contributed by atoms with van der Waals surface area (Å²) in [6, 6.07) is 6.17. The Bertz CT molecular complexity index is 487. The van der Waals surface area contributed by atoms with Gasteiger partial charge in [-0.2, -0.15) is 0 Å². The quantitative estimate of drug-likeness (QED) is 0.226. The molecule has 0 unspecified atom stereocenters. The highest BCUT2D eigenvalue weighted by molar-refractivity contribution is 5.68. The number of unbranched alkanes of at least 4 members (excludes halogenated alkanes) is 7. The maximum atomic E-state index is 10.9. The van der Waals surface area contributed by atoms with Crippen LogP contribution in [0.15, 0.2) is 24.3 Å². The number of hydrogen-bond acceptors (Lipinski definition) is 5. The Balaban J connectivity index is 1.92. The molecule has 0 amide bonds. The van der Waals surface area contributed by atoms with Crippen LogP contribution >= 0.6 is 0 Å². The Hall–Kier alpha value is -2.11. The molecule has 0 atom stereocenters. The summed E-state index contributed by atoms with van der Waals surface area (Å²) in [7, 11) is 1.42. The van der Waals surface area contributed by atoms with E-state index in [-0.39, 0.29) is 11.7 Å². The highest BCUT2D eigenvalue weighted by Crippen LogP contribution is 2.17. The number of rotatable bonds is 13. The largest absolute Gasteiger partial charge is 0.494 e. The lowest BCUT2D eigenvalue weighted by Gasteiger charge is -2.06. The predicted molar refractivity (Wildman–Crippen MR) is 92.2 cm³/mol. The second-order valence-electron chi connectivity index (χ2n) is 5.75. The zero-order valence-corrected chi connectivity index (χ0v) is 14.4. The summed E-state index contributed by atoms with van der Waals surface area (Å²) in [5.41, 5.74) is 0.0777. The normalized spacial score (nSPS) is 10.4. The molecule has 0 aliphatic carbocycles. The Labute approximate surface area is 143 Å². The Morgan fingerprint density at radius 3 is 2.04 bits per heavy atom. The molecule has 0 aromatic heterocycles. The second-order valence-corrected chi connectivity index (χ2v) is 5.75. The molecule has 6 nitrogen and oxygen atoms in total. The minimum Gasteiger partial charge on any atom is -0.494 e. The second kappa shape index (κ2) is 12.3.